The highest BCUT2D eigenvalue weighted by atomic mass is 32.1. The lowest BCUT2D eigenvalue weighted by atomic mass is 9.91. The second kappa shape index (κ2) is 11.2. The average Bonchev–Trinajstić information content (AvgIpc) is 3.81. The number of hydrogen-bond acceptors (Lipinski definition) is 3. The van der Waals surface area contributed by atoms with E-state index in [2.05, 4.69) is 180 Å². The highest BCUT2D eigenvalue weighted by Crippen LogP contribution is 2.46. The Kier molecular flexibility index (Phi) is 6.04. The van der Waals surface area contributed by atoms with Crippen molar-refractivity contribution in [1.29, 1.82) is 0 Å². The van der Waals surface area contributed by atoms with Crippen molar-refractivity contribution in [2.24, 2.45) is 0 Å². The largest absolute Gasteiger partial charge is 0.278 e. The molecule has 13 aromatic rings. The number of rotatable bonds is 2. The Hall–Kier alpha value is -7.14. The zero-order valence-corrected chi connectivity index (χ0v) is 30.8. The molecule has 4 heteroatoms. The summed E-state index contributed by atoms with van der Waals surface area (Å²) in [6, 6.07) is 64.1. The summed E-state index contributed by atoms with van der Waals surface area (Å²) >= 11 is 1.84. The van der Waals surface area contributed by atoms with Crippen LogP contribution in [-0.4, -0.2) is 14.5 Å². The van der Waals surface area contributed by atoms with E-state index >= 15 is 0 Å². The van der Waals surface area contributed by atoms with Crippen LogP contribution in [0.2, 0.25) is 0 Å². The number of hydrogen-bond donors (Lipinski definition) is 0. The van der Waals surface area contributed by atoms with Crippen LogP contribution in [0.15, 0.2) is 176 Å². The molecule has 13 rings (SSSR count). The minimum Gasteiger partial charge on any atom is -0.278 e. The molecule has 0 amide bonds. The minimum atomic E-state index is 0.666. The summed E-state index contributed by atoms with van der Waals surface area (Å²) < 4.78 is 4.87. The first kappa shape index (κ1) is 30.2. The molecule has 0 aliphatic carbocycles. The van der Waals surface area contributed by atoms with E-state index in [0.717, 1.165) is 38.6 Å². The van der Waals surface area contributed by atoms with E-state index in [1.54, 1.807) is 0 Å². The lowest BCUT2D eigenvalue weighted by Crippen LogP contribution is -2.04. The third-order valence-corrected chi connectivity index (χ3v) is 13.1. The Bertz CT molecular complexity index is 3800. The number of fused-ring (bicyclic) bond motifs is 18. The van der Waals surface area contributed by atoms with Crippen LogP contribution in [-0.2, 0) is 0 Å². The van der Waals surface area contributed by atoms with Crippen LogP contribution in [0, 0.1) is 0 Å². The fourth-order valence-electron chi connectivity index (χ4n) is 9.55. The molecule has 0 fully saturated rings. The molecular formula is C52H29N3S. The standard InChI is InChI=1S/C52H29N3S/c1-3-13-33-30(11-1)22-26-42-48(33)51(32-21-24-39-38-18-9-10-20-45(38)56-46(39)29-32)54-52(53-42)55-43-27-23-31-12-2-4-14-34(31)49(43)50-44(55)28-25-41-37-17-6-5-15-35(37)36-16-7-8-19-40(36)47(41)50/h1-29H. The van der Waals surface area contributed by atoms with Gasteiger partial charge in [0.05, 0.1) is 22.2 Å². The molecule has 3 heterocycles. The first-order valence-electron chi connectivity index (χ1n) is 19.1. The van der Waals surface area contributed by atoms with Crippen molar-refractivity contribution in [3.63, 3.8) is 0 Å². The van der Waals surface area contributed by atoms with Gasteiger partial charge in [-0.05, 0) is 78.8 Å². The first-order valence-corrected chi connectivity index (χ1v) is 19.9. The molecule has 0 spiro atoms. The van der Waals surface area contributed by atoms with E-state index in [0.29, 0.717) is 5.95 Å². The van der Waals surface area contributed by atoms with Crippen molar-refractivity contribution in [3.05, 3.63) is 176 Å². The van der Waals surface area contributed by atoms with Crippen LogP contribution in [0.1, 0.15) is 0 Å². The second-order valence-electron chi connectivity index (χ2n) is 14.9. The van der Waals surface area contributed by atoms with Crippen molar-refractivity contribution in [2.45, 2.75) is 0 Å². The summed E-state index contributed by atoms with van der Waals surface area (Å²) in [4.78, 5) is 11.1. The maximum absolute atomic E-state index is 5.65. The van der Waals surface area contributed by atoms with Gasteiger partial charge in [0, 0.05) is 47.3 Å². The van der Waals surface area contributed by atoms with E-state index in [1.165, 1.54) is 79.4 Å². The molecule has 56 heavy (non-hydrogen) atoms. The van der Waals surface area contributed by atoms with Gasteiger partial charge >= 0.3 is 0 Å². The predicted molar refractivity (Wildman–Crippen MR) is 240 cm³/mol. The third kappa shape index (κ3) is 4.06. The smallest absolute Gasteiger partial charge is 0.235 e. The van der Waals surface area contributed by atoms with Gasteiger partial charge in [0.25, 0.3) is 0 Å². The highest BCUT2D eigenvalue weighted by Gasteiger charge is 2.23. The summed E-state index contributed by atoms with van der Waals surface area (Å²) in [5, 5.41) is 18.4. The molecule has 10 aromatic carbocycles. The van der Waals surface area contributed by atoms with Crippen LogP contribution >= 0.6 is 11.3 Å². The van der Waals surface area contributed by atoms with Gasteiger partial charge in [-0.15, -0.1) is 11.3 Å². The van der Waals surface area contributed by atoms with Crippen LogP contribution in [0.25, 0.3) is 124 Å². The summed E-state index contributed by atoms with van der Waals surface area (Å²) in [5.74, 6) is 0.666. The van der Waals surface area contributed by atoms with Gasteiger partial charge in [-0.3, -0.25) is 4.57 Å². The number of aromatic nitrogens is 3. The molecule has 0 aliphatic heterocycles. The molecule has 258 valence electrons. The molecule has 0 saturated carbocycles. The van der Waals surface area contributed by atoms with E-state index in [4.69, 9.17) is 9.97 Å². The number of benzene rings is 10. The van der Waals surface area contributed by atoms with Gasteiger partial charge in [-0.25, -0.2) is 9.97 Å². The van der Waals surface area contributed by atoms with Gasteiger partial charge in [0.1, 0.15) is 0 Å². The van der Waals surface area contributed by atoms with E-state index in [-0.39, 0.29) is 0 Å². The maximum atomic E-state index is 5.65. The SMILES string of the molecule is c1ccc2c(c1)ccc1nc(-n3c4ccc5ccccc5c4c4c5c6ccccc6c6ccccc6c5ccc43)nc(-c3ccc4c(c3)sc3ccccc34)c12. The molecular weight excluding hydrogens is 699 g/mol. The summed E-state index contributed by atoms with van der Waals surface area (Å²) in [7, 11) is 0. The topological polar surface area (TPSA) is 30.7 Å². The van der Waals surface area contributed by atoms with Gasteiger partial charge in [-0.2, -0.15) is 0 Å². The van der Waals surface area contributed by atoms with Crippen molar-refractivity contribution in [2.75, 3.05) is 0 Å². The van der Waals surface area contributed by atoms with E-state index < -0.39 is 0 Å². The predicted octanol–water partition coefficient (Wildman–Crippen LogP) is 14.5. The fourth-order valence-corrected chi connectivity index (χ4v) is 10.7. The highest BCUT2D eigenvalue weighted by molar-refractivity contribution is 7.25. The van der Waals surface area contributed by atoms with E-state index in [9.17, 15) is 0 Å². The maximum Gasteiger partial charge on any atom is 0.235 e. The molecule has 0 aliphatic rings. The lowest BCUT2D eigenvalue weighted by molar-refractivity contribution is 1.02. The molecule has 3 aromatic heterocycles. The summed E-state index contributed by atoms with van der Waals surface area (Å²) in [6.07, 6.45) is 0. The van der Waals surface area contributed by atoms with Gasteiger partial charge in [0.15, 0.2) is 0 Å². The van der Waals surface area contributed by atoms with E-state index in [1.807, 2.05) is 11.3 Å². The minimum absolute atomic E-state index is 0.666. The lowest BCUT2D eigenvalue weighted by Gasteiger charge is -2.14. The number of thiophene rings is 1. The second-order valence-corrected chi connectivity index (χ2v) is 15.9. The van der Waals surface area contributed by atoms with Gasteiger partial charge in [0.2, 0.25) is 5.95 Å². The normalized spacial score (nSPS) is 12.3. The molecule has 0 unspecified atom stereocenters. The zero-order chi connectivity index (χ0) is 36.5. The average molecular weight is 728 g/mol. The summed E-state index contributed by atoms with van der Waals surface area (Å²) in [5.41, 5.74) is 5.13. The van der Waals surface area contributed by atoms with Crippen LogP contribution in [0.3, 0.4) is 0 Å². The van der Waals surface area contributed by atoms with Crippen molar-refractivity contribution in [1.82, 2.24) is 14.5 Å². The van der Waals surface area contributed by atoms with Crippen LogP contribution in [0.4, 0.5) is 0 Å². The Labute approximate surface area is 324 Å². The number of nitrogens with zero attached hydrogens (tertiary/aromatic N) is 3. The molecule has 3 nitrogen and oxygen atoms in total. The van der Waals surface area contributed by atoms with Crippen LogP contribution < -0.4 is 0 Å². The molecule has 0 bridgehead atoms. The molecule has 0 atom stereocenters. The Morgan fingerprint density at radius 1 is 0.357 bits per heavy atom. The van der Waals surface area contributed by atoms with Crippen molar-refractivity contribution in [3.8, 4) is 17.2 Å². The summed E-state index contributed by atoms with van der Waals surface area (Å²) in [6.45, 7) is 0. The Morgan fingerprint density at radius 2 is 0.893 bits per heavy atom. The third-order valence-electron chi connectivity index (χ3n) is 12.0. The Morgan fingerprint density at radius 3 is 1.66 bits per heavy atom. The molecule has 0 radical (unpaired) electrons. The molecule has 0 saturated heterocycles. The van der Waals surface area contributed by atoms with Gasteiger partial charge in [-0.1, -0.05) is 146 Å². The van der Waals surface area contributed by atoms with Crippen molar-refractivity contribution >= 4 is 118 Å². The van der Waals surface area contributed by atoms with Crippen molar-refractivity contribution < 1.29 is 0 Å². The van der Waals surface area contributed by atoms with Crippen LogP contribution in [0.5, 0.6) is 0 Å². The zero-order valence-electron chi connectivity index (χ0n) is 30.0. The quantitative estimate of drug-likeness (QED) is 0.166. The first-order chi connectivity index (χ1) is 27.8. The Balaban J connectivity index is 1.21. The van der Waals surface area contributed by atoms with Gasteiger partial charge < -0.3 is 0 Å². The monoisotopic (exact) mass is 727 g/mol. The fraction of sp³-hybridized carbons (Fsp3) is 0. The molecule has 0 N–H and O–H groups in total.